The first-order valence-electron chi connectivity index (χ1n) is 16.1. The molecule has 1 aromatic carbocycles. The highest BCUT2D eigenvalue weighted by atomic mass is 16.1. The molecule has 0 spiro atoms. The van der Waals surface area contributed by atoms with Crippen LogP contribution >= 0.6 is 0 Å². The maximum absolute atomic E-state index is 11.9. The lowest BCUT2D eigenvalue weighted by Gasteiger charge is -2.38. The Labute approximate surface area is 228 Å². The molecule has 206 valence electrons. The summed E-state index contributed by atoms with van der Waals surface area (Å²) in [5.41, 5.74) is 3.63. The highest BCUT2D eigenvalue weighted by Crippen LogP contribution is 2.43. The smallest absolute Gasteiger partial charge is 0.246 e. The van der Waals surface area contributed by atoms with Crippen LogP contribution in [0.1, 0.15) is 140 Å². The molecule has 3 fully saturated rings. The third-order valence-corrected chi connectivity index (χ3v) is 10.4. The van der Waals surface area contributed by atoms with Gasteiger partial charge in [-0.3, -0.25) is 4.79 Å². The van der Waals surface area contributed by atoms with Gasteiger partial charge >= 0.3 is 0 Å². The highest BCUT2D eigenvalue weighted by molar-refractivity contribution is 5.92. The molecule has 37 heavy (non-hydrogen) atoms. The van der Waals surface area contributed by atoms with Crippen LogP contribution in [0.25, 0.3) is 0 Å². The summed E-state index contributed by atoms with van der Waals surface area (Å²) in [6.45, 7) is 7.87. The SMILES string of the molecule is C=C(C)C(=O)NC1CCC(c2ccc(CCC3CCC(C4CCC(CCCCC)CC4)CC3)cc2)CC1. The van der Waals surface area contributed by atoms with Crippen LogP contribution in [0.15, 0.2) is 36.4 Å². The van der Waals surface area contributed by atoms with E-state index in [0.717, 1.165) is 36.5 Å². The van der Waals surface area contributed by atoms with Crippen LogP contribution in [0.3, 0.4) is 0 Å². The van der Waals surface area contributed by atoms with Crippen LogP contribution in [0.4, 0.5) is 0 Å². The van der Waals surface area contributed by atoms with Crippen molar-refractivity contribution in [1.29, 1.82) is 0 Å². The number of amides is 1. The molecule has 0 unspecified atom stereocenters. The van der Waals surface area contributed by atoms with Gasteiger partial charge in [-0.2, -0.15) is 0 Å². The van der Waals surface area contributed by atoms with E-state index >= 15 is 0 Å². The van der Waals surface area contributed by atoms with E-state index in [1.165, 1.54) is 114 Å². The predicted octanol–water partition coefficient (Wildman–Crippen LogP) is 9.53. The van der Waals surface area contributed by atoms with Gasteiger partial charge in [0, 0.05) is 11.6 Å². The van der Waals surface area contributed by atoms with Gasteiger partial charge in [0.2, 0.25) is 5.91 Å². The molecular weight excluding hydrogens is 450 g/mol. The van der Waals surface area contributed by atoms with Crippen molar-refractivity contribution >= 4 is 5.91 Å². The molecule has 0 atom stereocenters. The fourth-order valence-corrected chi connectivity index (χ4v) is 7.79. The van der Waals surface area contributed by atoms with Gasteiger partial charge in [-0.1, -0.05) is 89.1 Å². The molecule has 1 aromatic rings. The number of carbonyl (C=O) groups is 1. The normalized spacial score (nSPS) is 30.5. The molecule has 0 heterocycles. The van der Waals surface area contributed by atoms with E-state index in [9.17, 15) is 4.79 Å². The predicted molar refractivity (Wildman–Crippen MR) is 158 cm³/mol. The van der Waals surface area contributed by atoms with Gasteiger partial charge in [0.25, 0.3) is 0 Å². The summed E-state index contributed by atoms with van der Waals surface area (Å²) >= 11 is 0. The lowest BCUT2D eigenvalue weighted by Crippen LogP contribution is -2.37. The Morgan fingerprint density at radius 2 is 1.35 bits per heavy atom. The van der Waals surface area contributed by atoms with Gasteiger partial charge in [0.05, 0.1) is 0 Å². The molecule has 2 heteroatoms. The number of carbonyl (C=O) groups excluding carboxylic acids is 1. The Balaban J connectivity index is 1.11. The van der Waals surface area contributed by atoms with Crippen LogP contribution in [-0.2, 0) is 11.2 Å². The number of benzene rings is 1. The number of nitrogens with one attached hydrogen (secondary N) is 1. The van der Waals surface area contributed by atoms with Gasteiger partial charge in [-0.25, -0.2) is 0 Å². The van der Waals surface area contributed by atoms with Crippen molar-refractivity contribution in [3.05, 3.63) is 47.5 Å². The summed E-state index contributed by atoms with van der Waals surface area (Å²) in [5, 5.41) is 3.14. The fraction of sp³-hybridized carbons (Fsp3) is 0.743. The number of hydrogen-bond acceptors (Lipinski definition) is 1. The summed E-state index contributed by atoms with van der Waals surface area (Å²) in [5.74, 6) is 4.75. The molecule has 3 saturated carbocycles. The summed E-state index contributed by atoms with van der Waals surface area (Å²) in [6.07, 6.45) is 25.0. The largest absolute Gasteiger partial charge is 0.350 e. The first-order valence-corrected chi connectivity index (χ1v) is 16.1. The lowest BCUT2D eigenvalue weighted by molar-refractivity contribution is -0.118. The topological polar surface area (TPSA) is 29.1 Å². The van der Waals surface area contributed by atoms with E-state index in [4.69, 9.17) is 0 Å². The molecule has 0 bridgehead atoms. The second kappa shape index (κ2) is 14.5. The summed E-state index contributed by atoms with van der Waals surface area (Å²) < 4.78 is 0. The minimum atomic E-state index is 0.0154. The number of rotatable bonds is 11. The highest BCUT2D eigenvalue weighted by Gasteiger charge is 2.30. The maximum Gasteiger partial charge on any atom is 0.246 e. The van der Waals surface area contributed by atoms with Gasteiger partial charge in [0.15, 0.2) is 0 Å². The molecule has 3 aliphatic carbocycles. The fourth-order valence-electron chi connectivity index (χ4n) is 7.79. The standard InChI is InChI=1S/C35H55NO/c1-4-5-6-7-27-10-16-30(17-11-27)31-18-12-28(13-19-31)8-9-29-14-20-32(21-15-29)33-22-24-34(25-23-33)36-35(37)26(2)3/h14-15,20-21,27-28,30-31,33-34H,2,4-13,16-19,22-25H2,1,3H3,(H,36,37). The van der Waals surface area contributed by atoms with Crippen molar-refractivity contribution in [3.63, 3.8) is 0 Å². The molecule has 0 aromatic heterocycles. The molecular formula is C35H55NO. The van der Waals surface area contributed by atoms with Gasteiger partial charge in [-0.05, 0) is 112 Å². The van der Waals surface area contributed by atoms with E-state index in [0.29, 0.717) is 17.5 Å². The Morgan fingerprint density at radius 3 is 1.89 bits per heavy atom. The summed E-state index contributed by atoms with van der Waals surface area (Å²) in [4.78, 5) is 11.9. The molecule has 0 saturated heterocycles. The molecule has 3 aliphatic rings. The van der Waals surface area contributed by atoms with Crippen molar-refractivity contribution in [2.24, 2.45) is 23.7 Å². The van der Waals surface area contributed by atoms with Crippen LogP contribution in [0.5, 0.6) is 0 Å². The minimum absolute atomic E-state index is 0.0154. The van der Waals surface area contributed by atoms with Crippen molar-refractivity contribution in [3.8, 4) is 0 Å². The number of hydrogen-bond donors (Lipinski definition) is 1. The van der Waals surface area contributed by atoms with E-state index in [-0.39, 0.29) is 5.91 Å². The van der Waals surface area contributed by atoms with Crippen molar-refractivity contribution in [1.82, 2.24) is 5.32 Å². The average molecular weight is 506 g/mol. The van der Waals surface area contributed by atoms with E-state index < -0.39 is 0 Å². The average Bonchev–Trinajstić information content (AvgIpc) is 2.93. The number of aryl methyl sites for hydroxylation is 1. The second-order valence-electron chi connectivity index (χ2n) is 13.1. The monoisotopic (exact) mass is 505 g/mol. The third-order valence-electron chi connectivity index (χ3n) is 10.4. The van der Waals surface area contributed by atoms with E-state index in [1.54, 1.807) is 6.92 Å². The molecule has 0 aliphatic heterocycles. The van der Waals surface area contributed by atoms with E-state index in [2.05, 4.69) is 43.1 Å². The molecule has 0 radical (unpaired) electrons. The lowest BCUT2D eigenvalue weighted by atomic mass is 9.68. The summed E-state index contributed by atoms with van der Waals surface area (Å²) in [7, 11) is 0. The molecule has 2 nitrogen and oxygen atoms in total. The Kier molecular flexibility index (Phi) is 11.2. The number of unbranched alkanes of at least 4 members (excludes halogenated alkanes) is 2. The Hall–Kier alpha value is -1.57. The summed E-state index contributed by atoms with van der Waals surface area (Å²) in [6, 6.07) is 9.90. The third kappa shape index (κ3) is 8.72. The Bertz CT molecular complexity index is 817. The second-order valence-corrected chi connectivity index (χ2v) is 13.1. The molecule has 1 amide bonds. The van der Waals surface area contributed by atoms with Gasteiger partial charge in [-0.15, -0.1) is 0 Å². The van der Waals surface area contributed by atoms with Crippen molar-refractivity contribution < 1.29 is 4.79 Å². The van der Waals surface area contributed by atoms with Crippen LogP contribution in [0, 0.1) is 23.7 Å². The maximum atomic E-state index is 11.9. The molecule has 1 N–H and O–H groups in total. The van der Waals surface area contributed by atoms with Crippen molar-refractivity contribution in [2.45, 2.75) is 141 Å². The van der Waals surface area contributed by atoms with Gasteiger partial charge in [0.1, 0.15) is 0 Å². The molecule has 4 rings (SSSR count). The zero-order chi connectivity index (χ0) is 26.0. The van der Waals surface area contributed by atoms with Gasteiger partial charge < -0.3 is 5.32 Å². The van der Waals surface area contributed by atoms with Crippen LogP contribution in [-0.4, -0.2) is 11.9 Å². The zero-order valence-electron chi connectivity index (χ0n) is 24.1. The van der Waals surface area contributed by atoms with Crippen LogP contribution in [0.2, 0.25) is 0 Å². The van der Waals surface area contributed by atoms with Crippen LogP contribution < -0.4 is 5.32 Å². The van der Waals surface area contributed by atoms with E-state index in [1.807, 2.05) is 0 Å². The first-order chi connectivity index (χ1) is 18.0. The van der Waals surface area contributed by atoms with Crippen molar-refractivity contribution in [2.75, 3.05) is 0 Å². The quantitative estimate of drug-likeness (QED) is 0.235. The Morgan fingerprint density at radius 1 is 0.784 bits per heavy atom. The first kappa shape index (κ1) is 28.4. The zero-order valence-corrected chi connectivity index (χ0v) is 24.1. The minimum Gasteiger partial charge on any atom is -0.350 e.